The molecule has 0 heterocycles. The van der Waals surface area contributed by atoms with E-state index in [0.717, 1.165) is 17.6 Å². The zero-order chi connectivity index (χ0) is 15.5. The highest BCUT2D eigenvalue weighted by molar-refractivity contribution is 9.10. The van der Waals surface area contributed by atoms with Gasteiger partial charge in [-0.25, -0.2) is 0 Å². The maximum absolute atomic E-state index is 5.46. The van der Waals surface area contributed by atoms with Gasteiger partial charge in [0.15, 0.2) is 0 Å². The minimum Gasteiger partial charge on any atom is -0.497 e. The number of aryl methyl sites for hydroxylation is 1. The van der Waals surface area contributed by atoms with E-state index in [-0.39, 0.29) is 0 Å². The second-order valence-electron chi connectivity index (χ2n) is 7.59. The fraction of sp³-hybridized carbons (Fsp3) is 0.500. The average molecular weight is 359 g/mol. The van der Waals surface area contributed by atoms with Crippen LogP contribution in [0.15, 0.2) is 28.7 Å². The van der Waals surface area contributed by atoms with Gasteiger partial charge in [0.25, 0.3) is 0 Å². The summed E-state index contributed by atoms with van der Waals surface area (Å²) in [4.78, 5) is 0. The number of fused-ring (bicyclic) bond motifs is 5. The molecule has 2 aromatic carbocycles. The van der Waals surface area contributed by atoms with Crippen LogP contribution in [0.2, 0.25) is 0 Å². The predicted octanol–water partition coefficient (Wildman–Crippen LogP) is 6.08. The Labute approximate surface area is 141 Å². The molecule has 4 rings (SSSR count). The second kappa shape index (κ2) is 4.99. The molecular formula is C20H23BrO. The van der Waals surface area contributed by atoms with E-state index in [1.165, 1.54) is 40.9 Å². The Morgan fingerprint density at radius 3 is 2.82 bits per heavy atom. The number of ether oxygens (including phenoxy) is 1. The van der Waals surface area contributed by atoms with Gasteiger partial charge in [-0.2, -0.15) is 0 Å². The smallest absolute Gasteiger partial charge is 0.119 e. The molecule has 1 saturated carbocycles. The van der Waals surface area contributed by atoms with E-state index in [1.54, 1.807) is 18.2 Å². The van der Waals surface area contributed by atoms with Gasteiger partial charge in [-0.1, -0.05) is 29.8 Å². The molecule has 0 aliphatic heterocycles. The van der Waals surface area contributed by atoms with Gasteiger partial charge < -0.3 is 4.74 Å². The Morgan fingerprint density at radius 1 is 1.23 bits per heavy atom. The maximum atomic E-state index is 5.46. The number of hydrogen-bond donors (Lipinski definition) is 0. The van der Waals surface area contributed by atoms with Crippen LogP contribution in [0.1, 0.15) is 50.2 Å². The van der Waals surface area contributed by atoms with Gasteiger partial charge in [-0.15, -0.1) is 0 Å². The van der Waals surface area contributed by atoms with Crippen molar-refractivity contribution < 1.29 is 4.74 Å². The van der Waals surface area contributed by atoms with Gasteiger partial charge in [0.2, 0.25) is 0 Å². The molecule has 1 fully saturated rings. The van der Waals surface area contributed by atoms with Crippen molar-refractivity contribution >= 4 is 26.7 Å². The summed E-state index contributed by atoms with van der Waals surface area (Å²) in [5.74, 6) is 2.53. The Kier molecular flexibility index (Phi) is 3.30. The molecule has 0 saturated heterocycles. The van der Waals surface area contributed by atoms with Gasteiger partial charge in [0.05, 0.1) is 7.11 Å². The third-order valence-corrected chi connectivity index (χ3v) is 6.71. The highest BCUT2D eigenvalue weighted by Gasteiger charge is 2.46. The molecule has 2 aliphatic rings. The summed E-state index contributed by atoms with van der Waals surface area (Å²) < 4.78 is 6.69. The van der Waals surface area contributed by atoms with E-state index in [1.807, 2.05) is 0 Å². The molecule has 0 amide bonds. The quantitative estimate of drug-likeness (QED) is 0.600. The third-order valence-electron chi connectivity index (χ3n) is 6.06. The van der Waals surface area contributed by atoms with Crippen LogP contribution in [-0.2, 0) is 6.42 Å². The summed E-state index contributed by atoms with van der Waals surface area (Å²) in [6.45, 7) is 4.93. The van der Waals surface area contributed by atoms with Gasteiger partial charge in [0.1, 0.15) is 5.75 Å². The SMILES string of the molecule is COc1ccc2c(Br)cc3c(c2c1)CC[C@]1(C)C[C@@H](C)C[C@@H]31. The topological polar surface area (TPSA) is 9.23 Å². The fourth-order valence-corrected chi connectivity index (χ4v) is 5.65. The van der Waals surface area contributed by atoms with E-state index >= 15 is 0 Å². The summed E-state index contributed by atoms with van der Waals surface area (Å²) in [7, 11) is 1.75. The van der Waals surface area contributed by atoms with Crippen LogP contribution < -0.4 is 4.74 Å². The molecule has 2 aromatic rings. The minimum atomic E-state index is 0.498. The second-order valence-corrected chi connectivity index (χ2v) is 8.44. The number of methoxy groups -OCH3 is 1. The summed E-state index contributed by atoms with van der Waals surface area (Å²) in [6.07, 6.45) is 5.24. The van der Waals surface area contributed by atoms with Crippen molar-refractivity contribution in [1.29, 1.82) is 0 Å². The number of benzene rings is 2. The maximum Gasteiger partial charge on any atom is 0.119 e. The van der Waals surface area contributed by atoms with Gasteiger partial charge in [-0.05, 0) is 89.1 Å². The van der Waals surface area contributed by atoms with Crippen molar-refractivity contribution in [2.24, 2.45) is 11.3 Å². The van der Waals surface area contributed by atoms with Gasteiger partial charge in [0, 0.05) is 4.47 Å². The van der Waals surface area contributed by atoms with E-state index in [2.05, 4.69) is 54.0 Å². The van der Waals surface area contributed by atoms with Gasteiger partial charge >= 0.3 is 0 Å². The molecule has 2 aliphatic carbocycles. The number of rotatable bonds is 1. The average Bonchev–Trinajstić information content (AvgIpc) is 2.81. The van der Waals surface area contributed by atoms with Crippen LogP contribution in [0.3, 0.4) is 0 Å². The summed E-state index contributed by atoms with van der Waals surface area (Å²) >= 11 is 3.81. The molecule has 0 radical (unpaired) electrons. The summed E-state index contributed by atoms with van der Waals surface area (Å²) in [6, 6.07) is 8.87. The highest BCUT2D eigenvalue weighted by Crippen LogP contribution is 2.58. The molecule has 1 nitrogen and oxygen atoms in total. The Hall–Kier alpha value is -1.02. The van der Waals surface area contributed by atoms with Crippen LogP contribution in [0, 0.1) is 11.3 Å². The van der Waals surface area contributed by atoms with E-state index in [0.29, 0.717) is 5.41 Å². The zero-order valence-corrected chi connectivity index (χ0v) is 15.2. The van der Waals surface area contributed by atoms with Crippen molar-refractivity contribution in [1.82, 2.24) is 0 Å². The molecule has 0 spiro atoms. The molecule has 3 atom stereocenters. The van der Waals surface area contributed by atoms with Crippen molar-refractivity contribution in [3.63, 3.8) is 0 Å². The molecular weight excluding hydrogens is 336 g/mol. The van der Waals surface area contributed by atoms with Gasteiger partial charge in [-0.3, -0.25) is 0 Å². The summed E-state index contributed by atoms with van der Waals surface area (Å²) in [5, 5.41) is 2.69. The third kappa shape index (κ3) is 2.03. The molecule has 0 unspecified atom stereocenters. The summed E-state index contributed by atoms with van der Waals surface area (Å²) in [5.41, 5.74) is 3.65. The van der Waals surface area contributed by atoms with E-state index < -0.39 is 0 Å². The highest BCUT2D eigenvalue weighted by atomic mass is 79.9. The minimum absolute atomic E-state index is 0.498. The lowest BCUT2D eigenvalue weighted by molar-refractivity contribution is 0.248. The molecule has 2 heteroatoms. The number of halogens is 1. The molecule has 116 valence electrons. The van der Waals surface area contributed by atoms with Crippen LogP contribution >= 0.6 is 15.9 Å². The lowest BCUT2D eigenvalue weighted by Gasteiger charge is -2.38. The number of hydrogen-bond acceptors (Lipinski definition) is 1. The largest absolute Gasteiger partial charge is 0.497 e. The van der Waals surface area contributed by atoms with Crippen LogP contribution in [0.5, 0.6) is 5.75 Å². The normalized spacial score (nSPS) is 30.2. The Morgan fingerprint density at radius 2 is 2.05 bits per heavy atom. The first kappa shape index (κ1) is 14.6. The Balaban J connectivity index is 1.96. The predicted molar refractivity (Wildman–Crippen MR) is 95.8 cm³/mol. The molecule has 22 heavy (non-hydrogen) atoms. The van der Waals surface area contributed by atoms with Crippen molar-refractivity contribution in [2.75, 3.05) is 7.11 Å². The lowest BCUT2D eigenvalue weighted by Crippen LogP contribution is -2.26. The van der Waals surface area contributed by atoms with Crippen LogP contribution in [-0.4, -0.2) is 7.11 Å². The Bertz CT molecular complexity index is 751. The van der Waals surface area contributed by atoms with Crippen LogP contribution in [0.25, 0.3) is 10.8 Å². The lowest BCUT2D eigenvalue weighted by atomic mass is 9.66. The first-order valence-electron chi connectivity index (χ1n) is 8.31. The molecule has 0 bridgehead atoms. The molecule has 0 N–H and O–H groups in total. The van der Waals surface area contributed by atoms with Crippen molar-refractivity contribution in [3.05, 3.63) is 39.9 Å². The zero-order valence-electron chi connectivity index (χ0n) is 13.6. The van der Waals surface area contributed by atoms with Crippen LogP contribution in [0.4, 0.5) is 0 Å². The molecule has 0 aromatic heterocycles. The van der Waals surface area contributed by atoms with E-state index in [9.17, 15) is 0 Å². The first-order valence-corrected chi connectivity index (χ1v) is 9.10. The standard InChI is InChI=1S/C20H23BrO/c1-12-8-18-17-10-19(21)15-5-4-13(22-3)9-16(15)14(17)6-7-20(18,2)11-12/h4-5,9-10,12,18H,6-8,11H2,1-3H3/t12-,18-,20+/m0/s1. The van der Waals surface area contributed by atoms with Crippen molar-refractivity contribution in [3.8, 4) is 5.75 Å². The van der Waals surface area contributed by atoms with E-state index in [4.69, 9.17) is 4.74 Å². The monoisotopic (exact) mass is 358 g/mol. The fourth-order valence-electron chi connectivity index (χ4n) is 5.05. The van der Waals surface area contributed by atoms with Crippen molar-refractivity contribution in [2.45, 2.75) is 45.4 Å². The first-order chi connectivity index (χ1) is 10.5.